The smallest absolute Gasteiger partial charge is 0.203 e. The number of hydrogen-bond donors (Lipinski definition) is 2. The molecule has 1 aromatic heterocycles. The van der Waals surface area contributed by atoms with Crippen LogP contribution in [-0.4, -0.2) is 21.8 Å². The lowest BCUT2D eigenvalue weighted by Gasteiger charge is -2.11. The molecular formula is C18H18BrN3O2. The van der Waals surface area contributed by atoms with Crippen molar-refractivity contribution in [2.24, 2.45) is 7.05 Å². The second-order valence-electron chi connectivity index (χ2n) is 5.35. The average Bonchev–Trinajstić information content (AvgIpc) is 2.95. The normalized spacial score (nSPS) is 10.6. The van der Waals surface area contributed by atoms with Crippen LogP contribution in [-0.2, 0) is 13.6 Å². The highest BCUT2D eigenvalue weighted by molar-refractivity contribution is 9.10. The van der Waals surface area contributed by atoms with Crippen molar-refractivity contribution in [1.29, 1.82) is 0 Å². The summed E-state index contributed by atoms with van der Waals surface area (Å²) >= 11 is 3.44. The lowest BCUT2D eigenvalue weighted by Crippen LogP contribution is -2.06. The number of phenolic OH excluding ortho intramolecular Hbond substituents is 1. The molecule has 3 aromatic rings. The monoisotopic (exact) mass is 387 g/mol. The van der Waals surface area contributed by atoms with Crippen molar-refractivity contribution in [3.05, 3.63) is 58.7 Å². The fraction of sp³-hybridized carbons (Fsp3) is 0.167. The summed E-state index contributed by atoms with van der Waals surface area (Å²) in [5, 5.41) is 13.4. The first-order valence-corrected chi connectivity index (χ1v) is 8.26. The Labute approximate surface area is 149 Å². The minimum absolute atomic E-state index is 0.148. The zero-order valence-electron chi connectivity index (χ0n) is 13.5. The molecule has 0 amide bonds. The molecule has 0 bridgehead atoms. The van der Waals surface area contributed by atoms with Gasteiger partial charge in [0.05, 0.1) is 19.0 Å². The minimum Gasteiger partial charge on any atom is -0.504 e. The molecule has 6 heteroatoms. The van der Waals surface area contributed by atoms with Crippen LogP contribution in [0.1, 0.15) is 5.56 Å². The van der Waals surface area contributed by atoms with Crippen LogP contribution in [0.25, 0.3) is 11.3 Å². The second kappa shape index (κ2) is 6.97. The van der Waals surface area contributed by atoms with E-state index >= 15 is 0 Å². The molecule has 2 N–H and O–H groups in total. The Kier molecular flexibility index (Phi) is 4.76. The molecule has 0 saturated heterocycles. The van der Waals surface area contributed by atoms with Crippen LogP contribution >= 0.6 is 15.9 Å². The van der Waals surface area contributed by atoms with Gasteiger partial charge in [-0.3, -0.25) is 0 Å². The maximum absolute atomic E-state index is 10.1. The summed E-state index contributed by atoms with van der Waals surface area (Å²) in [6.45, 7) is 0.452. The Morgan fingerprint density at radius 3 is 2.67 bits per heavy atom. The quantitative estimate of drug-likeness (QED) is 0.689. The molecule has 124 valence electrons. The lowest BCUT2D eigenvalue weighted by atomic mass is 10.2. The van der Waals surface area contributed by atoms with Crippen molar-refractivity contribution in [1.82, 2.24) is 9.55 Å². The third-order valence-corrected chi connectivity index (χ3v) is 4.40. The third-order valence-electron chi connectivity index (χ3n) is 3.87. The number of hydrogen-bond acceptors (Lipinski definition) is 4. The van der Waals surface area contributed by atoms with Gasteiger partial charge in [-0.1, -0.05) is 40.2 Å². The van der Waals surface area contributed by atoms with Gasteiger partial charge in [-0.05, 0) is 23.8 Å². The highest BCUT2D eigenvalue weighted by Gasteiger charge is 2.11. The van der Waals surface area contributed by atoms with Crippen LogP contribution in [0.5, 0.6) is 11.5 Å². The fourth-order valence-electron chi connectivity index (χ4n) is 2.51. The predicted molar refractivity (Wildman–Crippen MR) is 98.3 cm³/mol. The number of para-hydroxylation sites is 1. The number of aromatic hydroxyl groups is 1. The van der Waals surface area contributed by atoms with E-state index in [1.807, 2.05) is 54.2 Å². The summed E-state index contributed by atoms with van der Waals surface area (Å²) in [6, 6.07) is 13.5. The number of ether oxygens (including phenoxy) is 1. The number of imidazole rings is 1. The molecule has 0 fully saturated rings. The molecule has 2 aromatic carbocycles. The number of anilines is 1. The average molecular weight is 388 g/mol. The van der Waals surface area contributed by atoms with Gasteiger partial charge >= 0.3 is 0 Å². The molecule has 0 unspecified atom stereocenters. The van der Waals surface area contributed by atoms with Crippen LogP contribution in [0, 0.1) is 0 Å². The van der Waals surface area contributed by atoms with E-state index in [4.69, 9.17) is 4.74 Å². The molecule has 0 atom stereocenters. The van der Waals surface area contributed by atoms with Gasteiger partial charge in [-0.2, -0.15) is 0 Å². The van der Waals surface area contributed by atoms with Gasteiger partial charge in [0.15, 0.2) is 11.5 Å². The molecule has 0 aliphatic carbocycles. The number of halogens is 1. The van der Waals surface area contributed by atoms with E-state index in [0.29, 0.717) is 12.3 Å². The Morgan fingerprint density at radius 2 is 1.96 bits per heavy atom. The zero-order valence-corrected chi connectivity index (χ0v) is 15.0. The van der Waals surface area contributed by atoms with E-state index in [1.54, 1.807) is 6.07 Å². The van der Waals surface area contributed by atoms with Crippen molar-refractivity contribution in [2.45, 2.75) is 6.54 Å². The molecule has 0 saturated carbocycles. The van der Waals surface area contributed by atoms with Crippen molar-refractivity contribution < 1.29 is 9.84 Å². The summed E-state index contributed by atoms with van der Waals surface area (Å²) in [6.07, 6.45) is 1.83. The molecule has 1 heterocycles. The molecule has 0 aliphatic heterocycles. The van der Waals surface area contributed by atoms with Crippen molar-refractivity contribution >= 4 is 21.9 Å². The van der Waals surface area contributed by atoms with E-state index in [0.717, 1.165) is 27.2 Å². The van der Waals surface area contributed by atoms with E-state index in [2.05, 4.69) is 26.2 Å². The van der Waals surface area contributed by atoms with Crippen LogP contribution in [0.2, 0.25) is 0 Å². The van der Waals surface area contributed by atoms with Crippen molar-refractivity contribution in [2.75, 3.05) is 12.4 Å². The van der Waals surface area contributed by atoms with E-state index in [1.165, 1.54) is 7.11 Å². The van der Waals surface area contributed by atoms with E-state index in [-0.39, 0.29) is 5.75 Å². The first-order valence-electron chi connectivity index (χ1n) is 7.46. The second-order valence-corrected chi connectivity index (χ2v) is 6.27. The highest BCUT2D eigenvalue weighted by Crippen LogP contribution is 2.30. The fourth-order valence-corrected chi connectivity index (χ4v) is 2.78. The lowest BCUT2D eigenvalue weighted by molar-refractivity contribution is 0.371. The summed E-state index contributed by atoms with van der Waals surface area (Å²) in [4.78, 5) is 4.43. The van der Waals surface area contributed by atoms with Crippen LogP contribution in [0.3, 0.4) is 0 Å². The molecule has 0 radical (unpaired) electrons. The third kappa shape index (κ3) is 3.23. The minimum atomic E-state index is 0.148. The number of phenols is 1. The van der Waals surface area contributed by atoms with E-state index in [9.17, 15) is 5.11 Å². The van der Waals surface area contributed by atoms with Gasteiger partial charge in [-0.25, -0.2) is 4.98 Å². The molecular weight excluding hydrogens is 370 g/mol. The van der Waals surface area contributed by atoms with Crippen LogP contribution < -0.4 is 10.1 Å². The molecule has 24 heavy (non-hydrogen) atoms. The molecule has 0 aliphatic rings. The SMILES string of the molecule is COc1cccc(CNc2ncc(-c3ccc(Br)cc3)n2C)c1O. The van der Waals surface area contributed by atoms with Gasteiger partial charge in [0.1, 0.15) is 0 Å². The number of nitrogens with one attached hydrogen (secondary N) is 1. The number of rotatable bonds is 5. The first-order chi connectivity index (χ1) is 11.6. The Morgan fingerprint density at radius 1 is 1.21 bits per heavy atom. The number of nitrogens with zero attached hydrogens (tertiary/aromatic N) is 2. The number of benzene rings is 2. The summed E-state index contributed by atoms with van der Waals surface area (Å²) in [5.41, 5.74) is 2.85. The molecule has 5 nitrogen and oxygen atoms in total. The van der Waals surface area contributed by atoms with Gasteiger partial charge in [0.2, 0.25) is 5.95 Å². The first kappa shape index (κ1) is 16.4. The van der Waals surface area contributed by atoms with Gasteiger partial charge in [0.25, 0.3) is 0 Å². The van der Waals surface area contributed by atoms with Crippen molar-refractivity contribution in [3.63, 3.8) is 0 Å². The molecule has 3 rings (SSSR count). The number of methoxy groups -OCH3 is 1. The number of aromatic nitrogens is 2. The summed E-state index contributed by atoms with van der Waals surface area (Å²) < 4.78 is 8.16. The summed E-state index contributed by atoms with van der Waals surface area (Å²) in [7, 11) is 3.49. The van der Waals surface area contributed by atoms with E-state index < -0.39 is 0 Å². The van der Waals surface area contributed by atoms with Crippen molar-refractivity contribution in [3.8, 4) is 22.8 Å². The van der Waals surface area contributed by atoms with Crippen LogP contribution in [0.4, 0.5) is 5.95 Å². The van der Waals surface area contributed by atoms with Gasteiger partial charge in [-0.15, -0.1) is 0 Å². The standard InChI is InChI=1S/C18H18BrN3O2/c1-22-15(12-6-8-14(19)9-7-12)11-21-18(22)20-10-13-4-3-5-16(24-2)17(13)23/h3-9,11,23H,10H2,1-2H3,(H,20,21). The maximum Gasteiger partial charge on any atom is 0.203 e. The maximum atomic E-state index is 10.1. The summed E-state index contributed by atoms with van der Waals surface area (Å²) in [5.74, 6) is 1.34. The highest BCUT2D eigenvalue weighted by atomic mass is 79.9. The van der Waals surface area contributed by atoms with Crippen LogP contribution in [0.15, 0.2) is 53.1 Å². The molecule has 0 spiro atoms. The Balaban J connectivity index is 1.79. The Hall–Kier alpha value is -2.47. The van der Waals surface area contributed by atoms with Gasteiger partial charge in [0, 0.05) is 23.6 Å². The van der Waals surface area contributed by atoms with Gasteiger partial charge < -0.3 is 19.7 Å². The largest absolute Gasteiger partial charge is 0.504 e. The zero-order chi connectivity index (χ0) is 17.1. The predicted octanol–water partition coefficient (Wildman–Crippen LogP) is 4.18. The topological polar surface area (TPSA) is 59.3 Å². The Bertz CT molecular complexity index is 844.